The second-order valence-electron chi connectivity index (χ2n) is 7.57. The molecule has 1 heterocycles. The van der Waals surface area contributed by atoms with Crippen molar-refractivity contribution in [2.75, 3.05) is 25.2 Å². The van der Waals surface area contributed by atoms with Gasteiger partial charge in [0, 0.05) is 18.8 Å². The molecule has 1 aliphatic rings. The molecule has 1 aliphatic carbocycles. The van der Waals surface area contributed by atoms with Crippen molar-refractivity contribution < 1.29 is 29.0 Å². The van der Waals surface area contributed by atoms with Crippen LogP contribution in [-0.2, 0) is 9.53 Å². The van der Waals surface area contributed by atoms with E-state index in [1.165, 1.54) is 6.42 Å². The summed E-state index contributed by atoms with van der Waals surface area (Å²) in [7, 11) is 1.62. The maximum atomic E-state index is 12.7. The Morgan fingerprint density at radius 2 is 1.97 bits per heavy atom. The van der Waals surface area contributed by atoms with Crippen LogP contribution in [0.4, 0.5) is 10.5 Å². The number of anilines is 1. The summed E-state index contributed by atoms with van der Waals surface area (Å²) in [6, 6.07) is 7.39. The highest BCUT2D eigenvalue weighted by atomic mass is 79.9. The number of halogens is 1. The summed E-state index contributed by atoms with van der Waals surface area (Å²) in [5, 5.41) is 12.4. The summed E-state index contributed by atoms with van der Waals surface area (Å²) >= 11 is 4.49. The first-order valence-corrected chi connectivity index (χ1v) is 12.4. The Morgan fingerprint density at radius 1 is 1.24 bits per heavy atom. The number of nitrogens with zero attached hydrogens (tertiary/aromatic N) is 1. The highest BCUT2D eigenvalue weighted by molar-refractivity contribution is 9.10. The second kappa shape index (κ2) is 11.5. The molecule has 8 nitrogen and oxygen atoms in total. The van der Waals surface area contributed by atoms with Crippen LogP contribution in [0.3, 0.4) is 0 Å². The molecular formula is C23H27BrN2O6S. The fraction of sp³-hybridized carbons (Fsp3) is 0.435. The third-order valence-corrected chi connectivity index (χ3v) is 7.63. The average molecular weight is 539 g/mol. The molecule has 33 heavy (non-hydrogen) atoms. The summed E-state index contributed by atoms with van der Waals surface area (Å²) in [4.78, 5) is 38.7. The first-order valence-electron chi connectivity index (χ1n) is 10.8. The number of urea groups is 1. The number of thiophene rings is 1. The predicted octanol–water partition coefficient (Wildman–Crippen LogP) is 5.30. The van der Waals surface area contributed by atoms with Gasteiger partial charge in [-0.05, 0) is 53.4 Å². The molecule has 3 rings (SSSR count). The summed E-state index contributed by atoms with van der Waals surface area (Å²) in [5.74, 6) is -1.66. The number of rotatable bonds is 8. The number of carboxylic acid groups (broad SMARTS) is 1. The third kappa shape index (κ3) is 5.86. The largest absolute Gasteiger partial charge is 0.479 e. The van der Waals surface area contributed by atoms with Gasteiger partial charge in [0.15, 0.2) is 17.2 Å². The van der Waals surface area contributed by atoms with Crippen LogP contribution in [0.25, 0.3) is 10.4 Å². The molecule has 0 atom stereocenters. The molecule has 178 valence electrons. The van der Waals surface area contributed by atoms with Crippen molar-refractivity contribution >= 4 is 50.9 Å². The van der Waals surface area contributed by atoms with E-state index in [1.807, 2.05) is 24.3 Å². The SMILES string of the molecule is CCOC(=O)COc1c(C(=O)O)sc(-c2cccc(N(C(=O)NC)C3CCCCC3)c2)c1Br. The lowest BCUT2D eigenvalue weighted by Crippen LogP contribution is -2.46. The van der Waals surface area contributed by atoms with Gasteiger partial charge in [-0.3, -0.25) is 4.90 Å². The van der Waals surface area contributed by atoms with E-state index in [-0.39, 0.29) is 29.3 Å². The highest BCUT2D eigenvalue weighted by Gasteiger charge is 2.28. The van der Waals surface area contributed by atoms with Crippen molar-refractivity contribution in [1.82, 2.24) is 5.32 Å². The number of amides is 2. The molecule has 2 amide bonds. The molecule has 0 unspecified atom stereocenters. The molecule has 1 fully saturated rings. The van der Waals surface area contributed by atoms with E-state index >= 15 is 0 Å². The van der Waals surface area contributed by atoms with Gasteiger partial charge in [0.2, 0.25) is 0 Å². The quantitative estimate of drug-likeness (QED) is 0.442. The lowest BCUT2D eigenvalue weighted by Gasteiger charge is -2.34. The van der Waals surface area contributed by atoms with Gasteiger partial charge in [0.1, 0.15) is 0 Å². The zero-order valence-electron chi connectivity index (χ0n) is 18.6. The number of carbonyl (C=O) groups is 3. The first-order chi connectivity index (χ1) is 15.9. The smallest absolute Gasteiger partial charge is 0.349 e. The standard InChI is InChI=1S/C23H27BrN2O6S/c1-3-31-17(27)13-32-19-18(24)20(33-21(19)22(28)29)14-8-7-11-16(12-14)26(23(30)25-2)15-9-5-4-6-10-15/h7-8,11-12,15H,3-6,9-10,13H2,1-2H3,(H,25,30)(H,28,29). The number of aromatic carboxylic acids is 1. The Balaban J connectivity index is 1.97. The Labute approximate surface area is 205 Å². The van der Waals surface area contributed by atoms with E-state index in [1.54, 1.807) is 18.9 Å². The average Bonchev–Trinajstić information content (AvgIpc) is 3.15. The monoisotopic (exact) mass is 538 g/mol. The molecule has 0 spiro atoms. The van der Waals surface area contributed by atoms with Crippen LogP contribution in [0.1, 0.15) is 48.7 Å². The maximum absolute atomic E-state index is 12.7. The summed E-state index contributed by atoms with van der Waals surface area (Å²) in [6.07, 6.45) is 5.21. The van der Waals surface area contributed by atoms with Gasteiger partial charge in [-0.2, -0.15) is 0 Å². The van der Waals surface area contributed by atoms with Gasteiger partial charge in [-0.15, -0.1) is 11.3 Å². The molecule has 0 bridgehead atoms. The molecule has 1 saturated carbocycles. The Bertz CT molecular complexity index is 1020. The number of hydrogen-bond donors (Lipinski definition) is 2. The van der Waals surface area contributed by atoms with E-state index in [4.69, 9.17) is 9.47 Å². The van der Waals surface area contributed by atoms with Crippen LogP contribution in [0.15, 0.2) is 28.7 Å². The van der Waals surface area contributed by atoms with Crippen LogP contribution in [-0.4, -0.2) is 49.4 Å². The Kier molecular flexibility index (Phi) is 8.74. The second-order valence-corrected chi connectivity index (χ2v) is 9.38. The molecule has 1 aromatic carbocycles. The van der Waals surface area contributed by atoms with Crippen molar-refractivity contribution in [2.24, 2.45) is 0 Å². The van der Waals surface area contributed by atoms with Crippen LogP contribution >= 0.6 is 27.3 Å². The van der Waals surface area contributed by atoms with E-state index in [0.717, 1.165) is 48.3 Å². The van der Waals surface area contributed by atoms with E-state index in [0.29, 0.717) is 9.35 Å². The van der Waals surface area contributed by atoms with Gasteiger partial charge in [0.25, 0.3) is 0 Å². The minimum Gasteiger partial charge on any atom is -0.479 e. The van der Waals surface area contributed by atoms with Crippen molar-refractivity contribution in [2.45, 2.75) is 45.1 Å². The minimum absolute atomic E-state index is 0.0259. The molecule has 1 aromatic heterocycles. The Hall–Kier alpha value is -2.59. The van der Waals surface area contributed by atoms with Gasteiger partial charge in [-0.1, -0.05) is 31.4 Å². The zero-order chi connectivity index (χ0) is 24.0. The molecule has 0 aliphatic heterocycles. The fourth-order valence-corrected chi connectivity index (χ4v) is 5.82. The topological polar surface area (TPSA) is 105 Å². The fourth-order valence-electron chi connectivity index (χ4n) is 3.94. The lowest BCUT2D eigenvalue weighted by molar-refractivity contribution is -0.145. The van der Waals surface area contributed by atoms with Crippen LogP contribution < -0.4 is 15.0 Å². The van der Waals surface area contributed by atoms with Crippen LogP contribution in [0.5, 0.6) is 5.75 Å². The van der Waals surface area contributed by atoms with Crippen LogP contribution in [0.2, 0.25) is 0 Å². The summed E-state index contributed by atoms with van der Waals surface area (Å²) in [5.41, 5.74) is 1.48. The van der Waals surface area contributed by atoms with E-state index in [9.17, 15) is 19.5 Å². The number of nitrogens with one attached hydrogen (secondary N) is 1. The highest BCUT2D eigenvalue weighted by Crippen LogP contribution is 2.46. The van der Waals surface area contributed by atoms with Crippen molar-refractivity contribution in [1.29, 1.82) is 0 Å². The molecule has 0 saturated heterocycles. The van der Waals surface area contributed by atoms with Gasteiger partial charge in [-0.25, -0.2) is 14.4 Å². The zero-order valence-corrected chi connectivity index (χ0v) is 21.0. The minimum atomic E-state index is -1.16. The predicted molar refractivity (Wildman–Crippen MR) is 130 cm³/mol. The molecule has 2 N–H and O–H groups in total. The number of benzene rings is 1. The normalized spacial score (nSPS) is 13.9. The van der Waals surface area contributed by atoms with Crippen molar-refractivity contribution in [3.63, 3.8) is 0 Å². The number of esters is 1. The number of ether oxygens (including phenoxy) is 2. The molecule has 2 aromatic rings. The van der Waals surface area contributed by atoms with Gasteiger partial charge >= 0.3 is 18.0 Å². The van der Waals surface area contributed by atoms with Crippen molar-refractivity contribution in [3.8, 4) is 16.2 Å². The molecule has 0 radical (unpaired) electrons. The van der Waals surface area contributed by atoms with Crippen molar-refractivity contribution in [3.05, 3.63) is 33.6 Å². The van der Waals surface area contributed by atoms with Gasteiger partial charge in [0.05, 0.1) is 16.0 Å². The van der Waals surface area contributed by atoms with Crippen LogP contribution in [0, 0.1) is 0 Å². The number of carboxylic acids is 1. The lowest BCUT2D eigenvalue weighted by atomic mass is 9.94. The van der Waals surface area contributed by atoms with E-state index in [2.05, 4.69) is 21.2 Å². The first kappa shape index (κ1) is 25.0. The summed E-state index contributed by atoms with van der Waals surface area (Å²) in [6.45, 7) is 1.50. The Morgan fingerprint density at radius 3 is 2.61 bits per heavy atom. The van der Waals surface area contributed by atoms with Gasteiger partial charge < -0.3 is 19.9 Å². The maximum Gasteiger partial charge on any atom is 0.349 e. The molecular weight excluding hydrogens is 512 g/mol. The van der Waals surface area contributed by atoms with E-state index < -0.39 is 18.5 Å². The summed E-state index contributed by atoms with van der Waals surface area (Å²) < 4.78 is 10.8. The number of hydrogen-bond acceptors (Lipinski definition) is 6. The number of carbonyl (C=O) groups excluding carboxylic acids is 2. The molecule has 10 heteroatoms. The third-order valence-electron chi connectivity index (χ3n) is 5.40.